The van der Waals surface area contributed by atoms with E-state index in [9.17, 15) is 9.59 Å². The highest BCUT2D eigenvalue weighted by Gasteiger charge is 2.34. The first-order valence-electron chi connectivity index (χ1n) is 10.1. The average molecular weight is 418 g/mol. The fourth-order valence-electron chi connectivity index (χ4n) is 4.25. The quantitative estimate of drug-likeness (QED) is 0.779. The van der Waals surface area contributed by atoms with E-state index in [1.54, 1.807) is 16.2 Å². The van der Waals surface area contributed by atoms with E-state index in [1.165, 1.54) is 29.1 Å². The van der Waals surface area contributed by atoms with Crippen LogP contribution in [0.25, 0.3) is 0 Å². The molecule has 2 amide bonds. The van der Waals surface area contributed by atoms with Crippen molar-refractivity contribution in [3.05, 3.63) is 44.8 Å². The fraction of sp³-hybridized carbons (Fsp3) is 0.524. The molecule has 2 fully saturated rings. The van der Waals surface area contributed by atoms with Gasteiger partial charge in [0.15, 0.2) is 0 Å². The second-order valence-corrected chi connectivity index (χ2v) is 9.43. The third-order valence-electron chi connectivity index (χ3n) is 5.72. The molecule has 0 radical (unpaired) electrons. The monoisotopic (exact) mass is 417 g/mol. The Morgan fingerprint density at radius 1 is 1.04 bits per heavy atom. The van der Waals surface area contributed by atoms with Gasteiger partial charge in [0.25, 0.3) is 5.91 Å². The molecule has 0 spiro atoms. The molecule has 7 heteroatoms. The van der Waals surface area contributed by atoms with Gasteiger partial charge >= 0.3 is 0 Å². The van der Waals surface area contributed by atoms with Gasteiger partial charge in [-0.15, -0.1) is 22.7 Å². The van der Waals surface area contributed by atoms with Crippen LogP contribution >= 0.6 is 22.7 Å². The van der Waals surface area contributed by atoms with Crippen molar-refractivity contribution in [3.63, 3.8) is 0 Å². The molecule has 150 valence electrons. The highest BCUT2D eigenvalue weighted by Crippen LogP contribution is 2.28. The number of nitrogens with one attached hydrogen (secondary N) is 1. The second kappa shape index (κ2) is 9.20. The molecule has 2 unspecified atom stereocenters. The van der Waals surface area contributed by atoms with Crippen molar-refractivity contribution in [2.75, 3.05) is 26.2 Å². The first-order valence-corrected chi connectivity index (χ1v) is 11.9. The van der Waals surface area contributed by atoms with Gasteiger partial charge in [0, 0.05) is 18.0 Å². The minimum atomic E-state index is -0.356. The van der Waals surface area contributed by atoms with Crippen molar-refractivity contribution in [2.24, 2.45) is 0 Å². The van der Waals surface area contributed by atoms with Crippen LogP contribution in [0.5, 0.6) is 0 Å². The van der Waals surface area contributed by atoms with Crippen molar-refractivity contribution in [3.8, 4) is 0 Å². The summed E-state index contributed by atoms with van der Waals surface area (Å²) < 4.78 is 0. The zero-order valence-corrected chi connectivity index (χ0v) is 17.6. The highest BCUT2D eigenvalue weighted by atomic mass is 32.1. The van der Waals surface area contributed by atoms with Gasteiger partial charge in [0.1, 0.15) is 6.04 Å². The Hall–Kier alpha value is -1.70. The first-order chi connectivity index (χ1) is 13.7. The summed E-state index contributed by atoms with van der Waals surface area (Å²) in [7, 11) is 0. The molecule has 2 aliphatic heterocycles. The smallest absolute Gasteiger partial charge is 0.264 e. The molecule has 0 saturated carbocycles. The van der Waals surface area contributed by atoms with Gasteiger partial charge in [0.05, 0.1) is 10.9 Å². The molecule has 0 aliphatic carbocycles. The van der Waals surface area contributed by atoms with Crippen molar-refractivity contribution in [1.82, 2.24) is 15.1 Å². The maximum absolute atomic E-state index is 13.1. The second-order valence-electron chi connectivity index (χ2n) is 7.51. The summed E-state index contributed by atoms with van der Waals surface area (Å²) in [5.74, 6) is -0.0189. The minimum absolute atomic E-state index is 0.00893. The van der Waals surface area contributed by atoms with Crippen LogP contribution in [-0.4, -0.2) is 53.8 Å². The van der Waals surface area contributed by atoms with Crippen LogP contribution in [0, 0.1) is 0 Å². The van der Waals surface area contributed by atoms with Crippen LogP contribution in [0.3, 0.4) is 0 Å². The lowest BCUT2D eigenvalue weighted by Crippen LogP contribution is -2.52. The van der Waals surface area contributed by atoms with Crippen LogP contribution in [0.4, 0.5) is 0 Å². The predicted molar refractivity (Wildman–Crippen MR) is 114 cm³/mol. The van der Waals surface area contributed by atoms with Gasteiger partial charge in [-0.05, 0) is 68.1 Å². The van der Waals surface area contributed by atoms with E-state index in [0.717, 1.165) is 32.4 Å². The lowest BCUT2D eigenvalue weighted by Gasteiger charge is -2.35. The summed E-state index contributed by atoms with van der Waals surface area (Å²) in [6.07, 6.45) is 5.15. The maximum Gasteiger partial charge on any atom is 0.264 e. The van der Waals surface area contributed by atoms with E-state index in [0.29, 0.717) is 18.0 Å². The van der Waals surface area contributed by atoms with E-state index in [2.05, 4.69) is 27.7 Å². The van der Waals surface area contributed by atoms with E-state index in [4.69, 9.17) is 0 Å². The Kier molecular flexibility index (Phi) is 6.44. The van der Waals surface area contributed by atoms with Crippen molar-refractivity contribution in [1.29, 1.82) is 0 Å². The molecular weight excluding hydrogens is 390 g/mol. The normalized spacial score (nSPS) is 21.6. The number of piperidine rings is 1. The van der Waals surface area contributed by atoms with Gasteiger partial charge < -0.3 is 10.2 Å². The van der Waals surface area contributed by atoms with Crippen molar-refractivity contribution in [2.45, 2.75) is 44.2 Å². The zero-order chi connectivity index (χ0) is 19.3. The minimum Gasteiger partial charge on any atom is -0.352 e. The van der Waals surface area contributed by atoms with Gasteiger partial charge in [-0.3, -0.25) is 14.5 Å². The third-order valence-corrected chi connectivity index (χ3v) is 7.55. The topological polar surface area (TPSA) is 52.7 Å². The number of rotatable bonds is 6. The van der Waals surface area contributed by atoms with Gasteiger partial charge in [0.2, 0.25) is 5.91 Å². The van der Waals surface area contributed by atoms with Crippen molar-refractivity contribution >= 4 is 34.5 Å². The molecule has 4 rings (SSSR count). The summed E-state index contributed by atoms with van der Waals surface area (Å²) in [5, 5.41) is 7.19. The fourth-order valence-corrected chi connectivity index (χ4v) is 5.79. The maximum atomic E-state index is 13.1. The number of likely N-dealkylation sites (tertiary alicyclic amines) is 2. The molecule has 0 aromatic carbocycles. The Labute approximate surface area is 174 Å². The number of nitrogens with zero attached hydrogens (tertiary/aromatic N) is 2. The molecule has 1 N–H and O–H groups in total. The Morgan fingerprint density at radius 2 is 1.79 bits per heavy atom. The largest absolute Gasteiger partial charge is 0.352 e. The van der Waals surface area contributed by atoms with Crippen LogP contribution in [-0.2, 0) is 4.79 Å². The average Bonchev–Trinajstić information content (AvgIpc) is 3.51. The molecular formula is C21H27N3O2S2. The summed E-state index contributed by atoms with van der Waals surface area (Å²) in [6, 6.07) is 7.85. The Balaban J connectivity index is 1.42. The van der Waals surface area contributed by atoms with Crippen LogP contribution in [0.15, 0.2) is 35.0 Å². The molecule has 4 heterocycles. The summed E-state index contributed by atoms with van der Waals surface area (Å²) >= 11 is 3.20. The van der Waals surface area contributed by atoms with Crippen LogP contribution in [0.1, 0.15) is 52.7 Å². The molecule has 5 nitrogen and oxygen atoms in total. The zero-order valence-electron chi connectivity index (χ0n) is 16.0. The van der Waals surface area contributed by atoms with Crippen LogP contribution < -0.4 is 5.32 Å². The Morgan fingerprint density at radius 3 is 2.50 bits per heavy atom. The summed E-state index contributed by atoms with van der Waals surface area (Å²) in [4.78, 5) is 32.2. The van der Waals surface area contributed by atoms with Crippen LogP contribution in [0.2, 0.25) is 0 Å². The van der Waals surface area contributed by atoms with E-state index >= 15 is 0 Å². The molecule has 0 bridgehead atoms. The van der Waals surface area contributed by atoms with E-state index in [-0.39, 0.29) is 23.9 Å². The number of amides is 2. The number of thiophene rings is 2. The third kappa shape index (κ3) is 4.31. The molecule has 2 aliphatic rings. The molecule has 2 aromatic heterocycles. The summed E-state index contributed by atoms with van der Waals surface area (Å²) in [5.41, 5.74) is 0. The number of carbonyl (C=O) groups is 2. The standard InChI is InChI=1S/C21H27N3O2S2/c25-20(16-7-1-2-12-24(16)21(26)19-9-6-14-28-19)22-15-17(18-8-5-13-27-18)23-10-3-4-11-23/h5-6,8-9,13-14,16-17H,1-4,7,10-12,15H2,(H,22,25). The highest BCUT2D eigenvalue weighted by molar-refractivity contribution is 7.12. The first kappa shape index (κ1) is 19.6. The van der Waals surface area contributed by atoms with Crippen molar-refractivity contribution < 1.29 is 9.59 Å². The predicted octanol–water partition coefficient (Wildman–Crippen LogP) is 3.76. The molecule has 28 heavy (non-hydrogen) atoms. The molecule has 2 saturated heterocycles. The SMILES string of the molecule is O=C(NCC(c1cccs1)N1CCCC1)C1CCCCN1C(=O)c1cccs1. The number of carbonyl (C=O) groups excluding carboxylic acids is 2. The van der Waals surface area contributed by atoms with Gasteiger partial charge in [-0.25, -0.2) is 0 Å². The lowest BCUT2D eigenvalue weighted by atomic mass is 10.0. The number of hydrogen-bond donors (Lipinski definition) is 1. The molecule has 2 atom stereocenters. The summed E-state index contributed by atoms with van der Waals surface area (Å²) in [6.45, 7) is 3.45. The van der Waals surface area contributed by atoms with E-state index < -0.39 is 0 Å². The van der Waals surface area contributed by atoms with E-state index in [1.807, 2.05) is 17.5 Å². The Bertz CT molecular complexity index is 770. The lowest BCUT2D eigenvalue weighted by molar-refractivity contribution is -0.126. The van der Waals surface area contributed by atoms with Gasteiger partial charge in [-0.1, -0.05) is 12.1 Å². The number of hydrogen-bond acceptors (Lipinski definition) is 5. The van der Waals surface area contributed by atoms with Gasteiger partial charge in [-0.2, -0.15) is 0 Å². The molecule has 2 aromatic rings.